The summed E-state index contributed by atoms with van der Waals surface area (Å²) >= 11 is 11.7. The Hall–Kier alpha value is -2.83. The molecule has 6 nitrogen and oxygen atoms in total. The number of tetrazole rings is 1. The van der Waals surface area contributed by atoms with Crippen LogP contribution in [0.3, 0.4) is 0 Å². The molecule has 0 radical (unpaired) electrons. The molecule has 0 amide bonds. The van der Waals surface area contributed by atoms with Gasteiger partial charge < -0.3 is 0 Å². The normalized spacial score (nSPS) is 19.1. The van der Waals surface area contributed by atoms with Crippen LogP contribution in [-0.2, 0) is 16.6 Å². The molecule has 1 unspecified atom stereocenters. The molecule has 0 saturated heterocycles. The molecule has 14 heteroatoms. The Morgan fingerprint density at radius 2 is 1.56 bits per heavy atom. The summed E-state index contributed by atoms with van der Waals surface area (Å²) in [5.41, 5.74) is -0.940. The molecule has 0 saturated carbocycles. The minimum atomic E-state index is -4.90. The van der Waals surface area contributed by atoms with Crippen molar-refractivity contribution in [3.63, 3.8) is 0 Å². The van der Waals surface area contributed by atoms with Gasteiger partial charge in [-0.05, 0) is 52.4 Å². The zero-order valence-electron chi connectivity index (χ0n) is 15.3. The van der Waals surface area contributed by atoms with E-state index in [1.165, 1.54) is 30.3 Å². The maximum atomic E-state index is 14.0. The van der Waals surface area contributed by atoms with Crippen molar-refractivity contribution in [1.29, 1.82) is 0 Å². The van der Waals surface area contributed by atoms with Gasteiger partial charge in [-0.3, -0.25) is 10.3 Å². The minimum absolute atomic E-state index is 0.0205. The number of hydroxylamine groups is 1. The lowest BCUT2D eigenvalue weighted by Gasteiger charge is -2.28. The number of aromatic nitrogens is 4. The number of hydrogen-bond acceptors (Lipinski definition) is 5. The molecule has 0 aliphatic carbocycles. The van der Waals surface area contributed by atoms with Crippen LogP contribution in [0, 0.1) is 0 Å². The van der Waals surface area contributed by atoms with Crippen molar-refractivity contribution >= 4 is 28.9 Å². The first kappa shape index (κ1) is 22.4. The first-order chi connectivity index (χ1) is 14.9. The van der Waals surface area contributed by atoms with Crippen molar-refractivity contribution in [3.8, 4) is 5.69 Å². The lowest BCUT2D eigenvalue weighted by molar-refractivity contribution is -0.269. The highest BCUT2D eigenvalue weighted by Gasteiger charge is 2.59. The Morgan fingerprint density at radius 1 is 0.938 bits per heavy atom. The Labute approximate surface area is 185 Å². The molecule has 0 bridgehead atoms. The predicted molar refractivity (Wildman–Crippen MR) is 101 cm³/mol. The summed E-state index contributed by atoms with van der Waals surface area (Å²) in [6.07, 6.45) is -8.90. The molecule has 32 heavy (non-hydrogen) atoms. The minimum Gasteiger partial charge on any atom is -0.265 e. The van der Waals surface area contributed by atoms with E-state index >= 15 is 0 Å². The lowest BCUT2D eigenvalue weighted by Crippen LogP contribution is -2.42. The van der Waals surface area contributed by atoms with Gasteiger partial charge in [-0.25, -0.2) is 0 Å². The van der Waals surface area contributed by atoms with Gasteiger partial charge in [0.05, 0.1) is 11.4 Å². The molecule has 0 spiro atoms. The van der Waals surface area contributed by atoms with Crippen molar-refractivity contribution < 1.29 is 31.2 Å². The van der Waals surface area contributed by atoms with Gasteiger partial charge in [0.25, 0.3) is 5.82 Å². The zero-order valence-corrected chi connectivity index (χ0v) is 16.9. The van der Waals surface area contributed by atoms with E-state index in [0.717, 1.165) is 18.2 Å². The molecule has 2 aromatic carbocycles. The summed E-state index contributed by atoms with van der Waals surface area (Å²) < 4.78 is 81.5. The van der Waals surface area contributed by atoms with E-state index in [0.29, 0.717) is 4.68 Å². The molecule has 1 aliphatic rings. The van der Waals surface area contributed by atoms with E-state index in [1.807, 2.05) is 0 Å². The topological polar surface area (TPSA) is 64.9 Å². The largest absolute Gasteiger partial charge is 0.453 e. The van der Waals surface area contributed by atoms with E-state index in [4.69, 9.17) is 28.0 Å². The standard InChI is InChI=1S/C18H9Cl2F6N5O/c19-11-5-10(6-12(20)7-11)16(18(24,25)26)8-14(28-32-16)9-1-3-13(4-2-9)31-15(17(21,22)23)27-29-30-31/h1-8,28H. The molecule has 2 heterocycles. The summed E-state index contributed by atoms with van der Waals surface area (Å²) in [6, 6.07) is 8.42. The van der Waals surface area contributed by atoms with E-state index in [1.54, 1.807) is 0 Å². The first-order valence-corrected chi connectivity index (χ1v) is 9.33. The molecule has 1 aromatic heterocycles. The van der Waals surface area contributed by atoms with Gasteiger partial charge in [-0.2, -0.15) is 31.0 Å². The Kier molecular flexibility index (Phi) is 5.34. The molecule has 4 rings (SSSR count). The lowest BCUT2D eigenvalue weighted by atomic mass is 9.91. The molecule has 0 fully saturated rings. The maximum absolute atomic E-state index is 14.0. The fraction of sp³-hybridized carbons (Fsp3) is 0.167. The molecule has 3 aromatic rings. The molecule has 1 aliphatic heterocycles. The molecule has 1 N–H and O–H groups in total. The molecular weight excluding hydrogens is 487 g/mol. The van der Waals surface area contributed by atoms with Crippen LogP contribution in [0.15, 0.2) is 48.5 Å². The average molecular weight is 496 g/mol. The van der Waals surface area contributed by atoms with Gasteiger partial charge in [-0.15, -0.1) is 5.10 Å². The smallest absolute Gasteiger partial charge is 0.265 e. The average Bonchev–Trinajstić information content (AvgIpc) is 3.35. The molecule has 168 valence electrons. The highest BCUT2D eigenvalue weighted by atomic mass is 35.5. The van der Waals surface area contributed by atoms with Crippen molar-refractivity contribution in [2.24, 2.45) is 0 Å². The number of alkyl halides is 6. The summed E-state index contributed by atoms with van der Waals surface area (Å²) in [6.45, 7) is 0. The Bertz CT molecular complexity index is 1170. The number of hydrogen-bond donors (Lipinski definition) is 1. The van der Waals surface area contributed by atoms with Crippen LogP contribution in [-0.4, -0.2) is 26.4 Å². The second kappa shape index (κ2) is 7.64. The molecule has 1 atom stereocenters. The number of nitrogens with one attached hydrogen (secondary N) is 1. The van der Waals surface area contributed by atoms with Gasteiger partial charge >= 0.3 is 12.4 Å². The van der Waals surface area contributed by atoms with E-state index in [2.05, 4.69) is 21.0 Å². The number of benzene rings is 2. The SMILES string of the molecule is FC(F)(F)c1nnnn1-c1ccc(C2=CC(c3cc(Cl)cc(Cl)c3)(C(F)(F)F)ON2)cc1. The van der Waals surface area contributed by atoms with E-state index in [-0.39, 0.29) is 32.6 Å². The highest BCUT2D eigenvalue weighted by molar-refractivity contribution is 6.34. The van der Waals surface area contributed by atoms with E-state index < -0.39 is 23.8 Å². The fourth-order valence-electron chi connectivity index (χ4n) is 3.07. The van der Waals surface area contributed by atoms with Crippen LogP contribution in [0.2, 0.25) is 10.0 Å². The third-order valence-electron chi connectivity index (χ3n) is 4.53. The van der Waals surface area contributed by atoms with Gasteiger partial charge in [0.15, 0.2) is 0 Å². The number of rotatable bonds is 3. The second-order valence-electron chi connectivity index (χ2n) is 6.61. The van der Waals surface area contributed by atoms with Gasteiger partial charge in [0.1, 0.15) is 0 Å². The second-order valence-corrected chi connectivity index (χ2v) is 7.49. The van der Waals surface area contributed by atoms with E-state index in [9.17, 15) is 26.3 Å². The zero-order chi connectivity index (χ0) is 23.3. The maximum Gasteiger partial charge on any atom is 0.453 e. The van der Waals surface area contributed by atoms with Crippen LogP contribution < -0.4 is 5.48 Å². The Morgan fingerprint density at radius 3 is 2.12 bits per heavy atom. The number of nitrogens with zero attached hydrogens (tertiary/aromatic N) is 4. The third-order valence-corrected chi connectivity index (χ3v) is 4.96. The van der Waals surface area contributed by atoms with Crippen molar-refractivity contribution in [2.45, 2.75) is 18.0 Å². The highest BCUT2D eigenvalue weighted by Crippen LogP contribution is 2.48. The number of halogens is 8. The van der Waals surface area contributed by atoms with Crippen LogP contribution in [0.25, 0.3) is 11.4 Å². The van der Waals surface area contributed by atoms with Crippen LogP contribution in [0.5, 0.6) is 0 Å². The summed E-state index contributed by atoms with van der Waals surface area (Å²) in [4.78, 5) is 4.96. The van der Waals surface area contributed by atoms with Crippen LogP contribution >= 0.6 is 23.2 Å². The first-order valence-electron chi connectivity index (χ1n) is 8.57. The summed E-state index contributed by atoms with van der Waals surface area (Å²) in [7, 11) is 0. The van der Waals surface area contributed by atoms with Gasteiger partial charge in [0.2, 0.25) is 5.60 Å². The Balaban J connectivity index is 1.73. The van der Waals surface area contributed by atoms with Crippen LogP contribution in [0.1, 0.15) is 17.0 Å². The van der Waals surface area contributed by atoms with Gasteiger partial charge in [-0.1, -0.05) is 35.3 Å². The van der Waals surface area contributed by atoms with Crippen molar-refractivity contribution in [2.75, 3.05) is 0 Å². The summed E-state index contributed by atoms with van der Waals surface area (Å²) in [5, 5.41) is 9.21. The predicted octanol–water partition coefficient (Wildman–Crippen LogP) is 5.32. The fourth-order valence-corrected chi connectivity index (χ4v) is 3.60. The van der Waals surface area contributed by atoms with Crippen molar-refractivity contribution in [1.82, 2.24) is 25.7 Å². The quantitative estimate of drug-likeness (QED) is 0.498. The monoisotopic (exact) mass is 495 g/mol. The van der Waals surface area contributed by atoms with Gasteiger partial charge in [0, 0.05) is 15.6 Å². The third kappa shape index (κ3) is 3.89. The molecular formula is C18H9Cl2F6N5O. The summed E-state index contributed by atoms with van der Waals surface area (Å²) in [5.74, 6) is -1.35. The van der Waals surface area contributed by atoms with Crippen LogP contribution in [0.4, 0.5) is 26.3 Å². The van der Waals surface area contributed by atoms with Crippen molar-refractivity contribution in [3.05, 3.63) is 75.5 Å².